The second-order valence-corrected chi connectivity index (χ2v) is 19.0. The summed E-state index contributed by atoms with van der Waals surface area (Å²) in [5.41, 5.74) is 15.0. The van der Waals surface area contributed by atoms with Crippen LogP contribution in [0.2, 0.25) is 0 Å². The van der Waals surface area contributed by atoms with Crippen molar-refractivity contribution in [1.82, 2.24) is 19.1 Å². The predicted octanol–water partition coefficient (Wildman–Crippen LogP) is 14.8. The van der Waals surface area contributed by atoms with Crippen LogP contribution in [0.1, 0.15) is 33.4 Å². The van der Waals surface area contributed by atoms with Crippen molar-refractivity contribution in [3.8, 4) is 46.4 Å². The Morgan fingerprint density at radius 2 is 1.07 bits per heavy atom. The molecule has 8 nitrogen and oxygen atoms in total. The Labute approximate surface area is 405 Å². The summed E-state index contributed by atoms with van der Waals surface area (Å²) in [6.07, 6.45) is 3.84. The minimum Gasteiger partial charge on any atom is -0.453 e. The highest BCUT2D eigenvalue weighted by atomic mass is 32.2. The topological polar surface area (TPSA) is 95.7 Å². The zero-order valence-corrected chi connectivity index (χ0v) is 37.8. The summed E-state index contributed by atoms with van der Waals surface area (Å²) in [7, 11) is 0. The van der Waals surface area contributed by atoms with Crippen molar-refractivity contribution in [3.05, 3.63) is 234 Å². The number of nitriles is 2. The van der Waals surface area contributed by atoms with Gasteiger partial charge in [-0.15, -0.1) is 0 Å². The number of ether oxygens (including phenoxy) is 1. The lowest BCUT2D eigenvalue weighted by molar-refractivity contribution is 0.477. The minimum atomic E-state index is -0.943. The minimum absolute atomic E-state index is 0.554. The first-order valence-corrected chi connectivity index (χ1v) is 23.9. The average molecular weight is 912 g/mol. The molecule has 0 bridgehead atoms. The van der Waals surface area contributed by atoms with Gasteiger partial charge in [-0.25, -0.2) is 0 Å². The third-order valence-corrected chi connectivity index (χ3v) is 15.6. The molecule has 8 aromatic carbocycles. The molecule has 0 amide bonds. The van der Waals surface area contributed by atoms with Crippen molar-refractivity contribution < 1.29 is 4.74 Å². The molecule has 3 aliphatic rings. The van der Waals surface area contributed by atoms with Crippen molar-refractivity contribution in [2.45, 2.75) is 15.2 Å². The summed E-state index contributed by atoms with van der Waals surface area (Å²) >= 11 is 1.78. The van der Waals surface area contributed by atoms with Crippen LogP contribution in [0.3, 0.4) is 0 Å². The van der Waals surface area contributed by atoms with Gasteiger partial charge in [0.15, 0.2) is 11.5 Å². The van der Waals surface area contributed by atoms with Gasteiger partial charge in [-0.3, -0.25) is 9.97 Å². The summed E-state index contributed by atoms with van der Waals surface area (Å²) in [6.45, 7) is 0. The summed E-state index contributed by atoms with van der Waals surface area (Å²) in [5, 5.41) is 24.5. The van der Waals surface area contributed by atoms with E-state index in [-0.39, 0.29) is 0 Å². The van der Waals surface area contributed by atoms with Crippen LogP contribution in [0.5, 0.6) is 11.5 Å². The predicted molar refractivity (Wildman–Crippen MR) is 276 cm³/mol. The number of hydrogen-bond donors (Lipinski definition) is 0. The van der Waals surface area contributed by atoms with Crippen molar-refractivity contribution >= 4 is 72.4 Å². The fraction of sp³-hybridized carbons (Fsp3) is 0.0164. The number of nitrogens with zero attached hydrogens (tertiary/aromatic N) is 7. The number of aromatic nitrogens is 4. The van der Waals surface area contributed by atoms with Gasteiger partial charge in [0.25, 0.3) is 0 Å². The molecule has 15 rings (SSSR count). The van der Waals surface area contributed by atoms with E-state index in [1.165, 1.54) is 10.8 Å². The number of hydrogen-bond acceptors (Lipinski definition) is 7. The van der Waals surface area contributed by atoms with Crippen molar-refractivity contribution in [2.24, 2.45) is 0 Å². The van der Waals surface area contributed by atoms with Gasteiger partial charge in [-0.2, -0.15) is 10.5 Å². The molecule has 1 aliphatic carbocycles. The SMILES string of the molecule is N#Cc1ccc2c(c1)c1cc(C#N)ccc1n2-c1cccc2c1C1(c3ccc(-n4c5ccccc5c5ccccc54)cc3S2)c2cccnc2-c2ncc(N3c4ccccc4Oc4ccccc43)cc21. The largest absolute Gasteiger partial charge is 0.453 e. The van der Waals surface area contributed by atoms with Gasteiger partial charge in [-0.05, 0) is 120 Å². The van der Waals surface area contributed by atoms with E-state index in [1.807, 2.05) is 91.3 Å². The molecule has 0 fully saturated rings. The number of anilines is 3. The molecular weight excluding hydrogens is 879 g/mol. The van der Waals surface area contributed by atoms with Crippen molar-refractivity contribution in [1.29, 1.82) is 10.5 Å². The van der Waals surface area contributed by atoms with Gasteiger partial charge in [0, 0.05) is 54.3 Å². The Hall–Kier alpha value is -9.41. The van der Waals surface area contributed by atoms with Gasteiger partial charge in [0.05, 0.1) is 91.1 Å². The molecule has 0 saturated carbocycles. The number of fused-ring (bicyclic) bond motifs is 17. The molecule has 0 radical (unpaired) electrons. The van der Waals surface area contributed by atoms with Crippen molar-refractivity contribution in [2.75, 3.05) is 4.90 Å². The zero-order chi connectivity index (χ0) is 46.2. The zero-order valence-electron chi connectivity index (χ0n) is 37.0. The maximum Gasteiger partial charge on any atom is 0.151 e. The first-order chi connectivity index (χ1) is 34.6. The Kier molecular flexibility index (Phi) is 7.90. The van der Waals surface area contributed by atoms with Crippen LogP contribution in [0.15, 0.2) is 210 Å². The van der Waals surface area contributed by atoms with Gasteiger partial charge < -0.3 is 18.8 Å². The van der Waals surface area contributed by atoms with Gasteiger partial charge in [0.2, 0.25) is 0 Å². The van der Waals surface area contributed by atoms with E-state index in [9.17, 15) is 10.5 Å². The molecule has 6 heterocycles. The second kappa shape index (κ2) is 14.3. The molecule has 0 N–H and O–H groups in total. The highest BCUT2D eigenvalue weighted by Crippen LogP contribution is 2.64. The molecular formula is C61H33N7OS. The molecule has 9 heteroatoms. The molecule has 70 heavy (non-hydrogen) atoms. The quantitative estimate of drug-likeness (QED) is 0.174. The van der Waals surface area contributed by atoms with Crippen LogP contribution >= 0.6 is 11.8 Å². The van der Waals surface area contributed by atoms with E-state index in [2.05, 4.69) is 135 Å². The van der Waals surface area contributed by atoms with E-state index < -0.39 is 5.41 Å². The average Bonchev–Trinajstić information content (AvgIpc) is 4.04. The number of benzene rings is 8. The van der Waals surface area contributed by atoms with E-state index in [0.29, 0.717) is 11.1 Å². The lowest BCUT2D eigenvalue weighted by Crippen LogP contribution is -2.34. The van der Waals surface area contributed by atoms with E-state index in [0.717, 1.165) is 116 Å². The summed E-state index contributed by atoms with van der Waals surface area (Å²) in [6, 6.07) is 70.2. The molecule has 324 valence electrons. The first kappa shape index (κ1) is 38.7. The number of rotatable bonds is 3. The van der Waals surface area contributed by atoms with Crippen LogP contribution in [-0.4, -0.2) is 19.1 Å². The van der Waals surface area contributed by atoms with Gasteiger partial charge in [0.1, 0.15) is 0 Å². The summed E-state index contributed by atoms with van der Waals surface area (Å²) in [4.78, 5) is 15.1. The molecule has 4 aromatic heterocycles. The van der Waals surface area contributed by atoms with E-state index >= 15 is 0 Å². The lowest BCUT2D eigenvalue weighted by atomic mass is 9.67. The monoisotopic (exact) mass is 911 g/mol. The standard InChI is InChI=1S/C61H33N7OS/c62-33-36-22-26-49-42(29-36)43-30-37(34-63)23-27-50(43)68(49)53-18-9-21-56-58(53)61(44-25-24-38(32-57(44)70-56)66-47-14-3-1-11-40(47)41-12-2-4-15-48(41)66)45-13-10-28-64-59(45)60-46(61)31-39(35-65-60)67-51-16-5-7-19-54(51)69-55-20-8-6-17-52(55)67/h1-32,35H. The van der Waals surface area contributed by atoms with E-state index in [4.69, 9.17) is 14.7 Å². The smallest absolute Gasteiger partial charge is 0.151 e. The normalized spacial score (nSPS) is 14.9. The highest BCUT2D eigenvalue weighted by Gasteiger charge is 2.53. The Morgan fingerprint density at radius 1 is 0.457 bits per heavy atom. The summed E-state index contributed by atoms with van der Waals surface area (Å²) < 4.78 is 11.2. The maximum atomic E-state index is 10.1. The second-order valence-electron chi connectivity index (χ2n) is 17.9. The Morgan fingerprint density at radius 3 is 1.76 bits per heavy atom. The third kappa shape index (κ3) is 5.08. The molecule has 1 spiro atoms. The van der Waals surface area contributed by atoms with Crippen LogP contribution in [-0.2, 0) is 5.41 Å². The Balaban J connectivity index is 1.07. The van der Waals surface area contributed by atoms with E-state index in [1.54, 1.807) is 11.8 Å². The molecule has 2 aliphatic heterocycles. The van der Waals surface area contributed by atoms with Crippen molar-refractivity contribution in [3.63, 3.8) is 0 Å². The van der Waals surface area contributed by atoms with Crippen LogP contribution in [0, 0.1) is 22.7 Å². The summed E-state index contributed by atoms with van der Waals surface area (Å²) in [5.74, 6) is 1.52. The molecule has 0 saturated heterocycles. The number of para-hydroxylation sites is 6. The molecule has 12 aromatic rings. The highest BCUT2D eigenvalue weighted by molar-refractivity contribution is 7.99. The van der Waals surface area contributed by atoms with Crippen LogP contribution < -0.4 is 9.64 Å². The molecule has 1 atom stereocenters. The first-order valence-electron chi connectivity index (χ1n) is 23.1. The van der Waals surface area contributed by atoms with Gasteiger partial charge >= 0.3 is 0 Å². The fourth-order valence-electron chi connectivity index (χ4n) is 11.7. The Bertz CT molecular complexity index is 4210. The maximum absolute atomic E-state index is 10.1. The lowest BCUT2D eigenvalue weighted by Gasteiger charge is -2.41. The van der Waals surface area contributed by atoms with Crippen LogP contribution in [0.4, 0.5) is 17.1 Å². The van der Waals surface area contributed by atoms with Gasteiger partial charge in [-0.1, -0.05) is 90.6 Å². The van der Waals surface area contributed by atoms with Crippen LogP contribution in [0.25, 0.3) is 66.4 Å². The fourth-order valence-corrected chi connectivity index (χ4v) is 13.0. The third-order valence-electron chi connectivity index (χ3n) is 14.5. The molecule has 1 unspecified atom stereocenters. The number of pyridine rings is 2.